The van der Waals surface area contributed by atoms with Gasteiger partial charge in [0.05, 0.1) is 5.52 Å². The van der Waals surface area contributed by atoms with Gasteiger partial charge in [-0.3, -0.25) is 4.68 Å². The number of benzene rings is 1. The molecule has 0 aliphatic carbocycles. The first-order valence-electron chi connectivity index (χ1n) is 4.00. The molecule has 74 valence electrons. The van der Waals surface area contributed by atoms with E-state index in [1.807, 2.05) is 6.07 Å². The quantitative estimate of drug-likeness (QED) is 0.740. The third kappa shape index (κ3) is 1.49. The smallest absolute Gasteiger partial charge is 0.267 e. The fourth-order valence-electron chi connectivity index (χ4n) is 1.43. The molecular formula is C9H7F2IN2. The number of aryl methyl sites for hydroxylation is 1. The number of rotatable bonds is 1. The molecule has 14 heavy (non-hydrogen) atoms. The van der Waals surface area contributed by atoms with Crippen molar-refractivity contribution < 1.29 is 8.78 Å². The highest BCUT2D eigenvalue weighted by Gasteiger charge is 2.16. The van der Waals surface area contributed by atoms with E-state index < -0.39 is 6.43 Å². The Morgan fingerprint density at radius 1 is 1.43 bits per heavy atom. The molecule has 0 radical (unpaired) electrons. The van der Waals surface area contributed by atoms with E-state index in [0.29, 0.717) is 5.39 Å². The van der Waals surface area contributed by atoms with Gasteiger partial charge in [-0.05, 0) is 40.8 Å². The molecule has 1 aromatic heterocycles. The first-order valence-corrected chi connectivity index (χ1v) is 5.08. The third-order valence-electron chi connectivity index (χ3n) is 2.05. The fraction of sp³-hybridized carbons (Fsp3) is 0.222. The number of alkyl halides is 2. The van der Waals surface area contributed by atoms with Crippen LogP contribution in [0.25, 0.3) is 10.9 Å². The summed E-state index contributed by atoms with van der Waals surface area (Å²) >= 11 is 2.10. The summed E-state index contributed by atoms with van der Waals surface area (Å²) in [6.07, 6.45) is -2.52. The van der Waals surface area contributed by atoms with Crippen molar-refractivity contribution in [2.24, 2.45) is 7.05 Å². The summed E-state index contributed by atoms with van der Waals surface area (Å²) in [7, 11) is 1.67. The average molecular weight is 308 g/mol. The van der Waals surface area contributed by atoms with Crippen molar-refractivity contribution in [2.75, 3.05) is 0 Å². The van der Waals surface area contributed by atoms with Crippen LogP contribution in [-0.4, -0.2) is 9.78 Å². The van der Waals surface area contributed by atoms with Crippen LogP contribution in [0.15, 0.2) is 18.2 Å². The third-order valence-corrected chi connectivity index (χ3v) is 2.72. The first-order chi connectivity index (χ1) is 6.59. The number of nitrogens with zero attached hydrogens (tertiary/aromatic N) is 2. The van der Waals surface area contributed by atoms with Crippen molar-refractivity contribution in [3.8, 4) is 0 Å². The van der Waals surface area contributed by atoms with Gasteiger partial charge in [0.25, 0.3) is 6.43 Å². The number of fused-ring (bicyclic) bond motifs is 1. The monoisotopic (exact) mass is 308 g/mol. The highest BCUT2D eigenvalue weighted by molar-refractivity contribution is 14.1. The molecule has 2 rings (SSSR count). The van der Waals surface area contributed by atoms with Gasteiger partial charge in [-0.25, -0.2) is 8.78 Å². The number of halogens is 3. The lowest BCUT2D eigenvalue weighted by atomic mass is 10.2. The molecule has 0 spiro atoms. The summed E-state index contributed by atoms with van der Waals surface area (Å²) in [5.41, 5.74) is 0.599. The van der Waals surface area contributed by atoms with E-state index >= 15 is 0 Å². The maximum absolute atomic E-state index is 12.6. The number of aromatic nitrogens is 2. The Hall–Kier alpha value is -0.720. The van der Waals surface area contributed by atoms with Crippen LogP contribution in [0.5, 0.6) is 0 Å². The summed E-state index contributed by atoms with van der Waals surface area (Å²) in [5, 5.41) is 4.33. The normalized spacial score (nSPS) is 11.5. The highest BCUT2D eigenvalue weighted by Crippen LogP contribution is 2.27. The zero-order chi connectivity index (χ0) is 10.3. The molecule has 0 fully saturated rings. The second-order valence-electron chi connectivity index (χ2n) is 2.97. The molecule has 0 amide bonds. The van der Waals surface area contributed by atoms with Crippen LogP contribution in [0.3, 0.4) is 0 Å². The Kier molecular flexibility index (Phi) is 2.42. The summed E-state index contributed by atoms with van der Waals surface area (Å²) in [6, 6.07) is 5.40. The van der Waals surface area contributed by atoms with Gasteiger partial charge in [0.15, 0.2) is 0 Å². The van der Waals surface area contributed by atoms with Crippen molar-refractivity contribution in [1.29, 1.82) is 0 Å². The van der Waals surface area contributed by atoms with Gasteiger partial charge in [-0.15, -0.1) is 0 Å². The Labute approximate surface area is 93.0 Å². The largest absolute Gasteiger partial charge is 0.282 e. The van der Waals surface area contributed by atoms with Crippen molar-refractivity contribution in [1.82, 2.24) is 9.78 Å². The van der Waals surface area contributed by atoms with E-state index in [1.54, 1.807) is 19.2 Å². The van der Waals surface area contributed by atoms with Gasteiger partial charge in [-0.1, -0.05) is 0 Å². The minimum atomic E-state index is -2.52. The van der Waals surface area contributed by atoms with Gasteiger partial charge in [0, 0.05) is 16.0 Å². The van der Waals surface area contributed by atoms with Gasteiger partial charge in [0.1, 0.15) is 5.69 Å². The molecule has 0 saturated heterocycles. The molecule has 0 bridgehead atoms. The minimum absolute atomic E-state index is 0.138. The van der Waals surface area contributed by atoms with E-state index in [9.17, 15) is 8.78 Å². The molecule has 1 aromatic carbocycles. The Morgan fingerprint density at radius 3 is 2.79 bits per heavy atom. The summed E-state index contributed by atoms with van der Waals surface area (Å²) in [6.45, 7) is 0. The maximum atomic E-state index is 12.6. The van der Waals surface area contributed by atoms with Crippen LogP contribution < -0.4 is 0 Å². The van der Waals surface area contributed by atoms with Crippen LogP contribution in [0, 0.1) is 3.57 Å². The topological polar surface area (TPSA) is 17.8 Å². The van der Waals surface area contributed by atoms with Gasteiger partial charge in [0.2, 0.25) is 0 Å². The van der Waals surface area contributed by atoms with Crippen LogP contribution in [0.1, 0.15) is 12.1 Å². The molecule has 0 saturated carbocycles. The van der Waals surface area contributed by atoms with Crippen molar-refractivity contribution in [3.05, 3.63) is 27.5 Å². The Morgan fingerprint density at radius 2 is 2.14 bits per heavy atom. The van der Waals surface area contributed by atoms with Gasteiger partial charge < -0.3 is 0 Å². The fourth-order valence-corrected chi connectivity index (χ4v) is 1.92. The van der Waals surface area contributed by atoms with Gasteiger partial charge in [-0.2, -0.15) is 5.10 Å². The molecule has 0 aliphatic rings. The summed E-state index contributed by atoms with van der Waals surface area (Å²) in [4.78, 5) is 0. The lowest BCUT2D eigenvalue weighted by molar-refractivity contribution is 0.147. The molecule has 2 aromatic rings. The van der Waals surface area contributed by atoms with Crippen molar-refractivity contribution in [3.63, 3.8) is 0 Å². The zero-order valence-electron chi connectivity index (χ0n) is 7.34. The predicted molar refractivity (Wildman–Crippen MR) is 58.4 cm³/mol. The number of hydrogen-bond acceptors (Lipinski definition) is 1. The second-order valence-corrected chi connectivity index (χ2v) is 4.22. The van der Waals surface area contributed by atoms with Crippen molar-refractivity contribution in [2.45, 2.75) is 6.43 Å². The van der Waals surface area contributed by atoms with Gasteiger partial charge >= 0.3 is 0 Å². The van der Waals surface area contributed by atoms with E-state index in [0.717, 1.165) is 9.09 Å². The molecule has 2 nitrogen and oxygen atoms in total. The molecular weight excluding hydrogens is 301 g/mol. The van der Waals surface area contributed by atoms with Crippen LogP contribution in [-0.2, 0) is 7.05 Å². The van der Waals surface area contributed by atoms with Crippen LogP contribution in [0.4, 0.5) is 8.78 Å². The molecule has 1 heterocycles. The molecule has 0 N–H and O–H groups in total. The predicted octanol–water partition coefficient (Wildman–Crippen LogP) is 3.12. The SMILES string of the molecule is Cn1nc(C(F)F)c2cc(I)ccc21. The molecule has 5 heteroatoms. The first kappa shape index (κ1) is 9.82. The molecule has 0 atom stereocenters. The van der Waals surface area contributed by atoms with E-state index in [2.05, 4.69) is 27.7 Å². The zero-order valence-corrected chi connectivity index (χ0v) is 9.50. The van der Waals surface area contributed by atoms with E-state index in [-0.39, 0.29) is 5.69 Å². The van der Waals surface area contributed by atoms with Crippen LogP contribution in [0.2, 0.25) is 0 Å². The lowest BCUT2D eigenvalue weighted by Crippen LogP contribution is -1.91. The van der Waals surface area contributed by atoms with Crippen LogP contribution >= 0.6 is 22.6 Å². The molecule has 0 unspecified atom stereocenters. The molecule has 0 aliphatic heterocycles. The summed E-state index contributed by atoms with van der Waals surface area (Å²) in [5.74, 6) is 0. The average Bonchev–Trinajstić information content (AvgIpc) is 2.43. The lowest BCUT2D eigenvalue weighted by Gasteiger charge is -1.95. The van der Waals surface area contributed by atoms with E-state index in [4.69, 9.17) is 0 Å². The second kappa shape index (κ2) is 3.45. The minimum Gasteiger partial charge on any atom is -0.267 e. The number of hydrogen-bond donors (Lipinski definition) is 0. The highest BCUT2D eigenvalue weighted by atomic mass is 127. The Balaban J connectivity index is 2.79. The maximum Gasteiger partial charge on any atom is 0.282 e. The standard InChI is InChI=1S/C9H7F2IN2/c1-14-7-3-2-5(12)4-6(7)8(13-14)9(10)11/h2-4,9H,1H3. The summed E-state index contributed by atoms with van der Waals surface area (Å²) < 4.78 is 27.5. The van der Waals surface area contributed by atoms with E-state index in [1.165, 1.54) is 4.68 Å². The Bertz CT molecular complexity index is 479. The van der Waals surface area contributed by atoms with Crippen molar-refractivity contribution >= 4 is 33.5 Å².